The van der Waals surface area contributed by atoms with Gasteiger partial charge < -0.3 is 0 Å². The number of benzene rings is 1. The molecule has 0 N–H and O–H groups in total. The molecule has 0 fully saturated rings. The number of aryl methyl sites for hydroxylation is 1. The van der Waals surface area contributed by atoms with Crippen molar-refractivity contribution in [3.8, 4) is 0 Å². The number of thiazole rings is 1. The lowest BCUT2D eigenvalue weighted by atomic mass is 10.0. The fourth-order valence-electron chi connectivity index (χ4n) is 1.65. The monoisotopic (exact) mass is 243 g/mol. The maximum Gasteiger partial charge on any atom is 0.0900 e. The molecule has 0 aliphatic heterocycles. The summed E-state index contributed by atoms with van der Waals surface area (Å²) in [5.41, 5.74) is 2.63. The standard InChI is InChI=1S/C15H17NS/c1-11(2)14-6-4-5-13(9-14)7-8-15-10-16-12(3)17-15/h4-11H,1-3H3/b8-7+. The van der Waals surface area contributed by atoms with Crippen molar-refractivity contribution >= 4 is 23.5 Å². The molecule has 17 heavy (non-hydrogen) atoms. The smallest absolute Gasteiger partial charge is 0.0900 e. The van der Waals surface area contributed by atoms with E-state index < -0.39 is 0 Å². The van der Waals surface area contributed by atoms with Crippen molar-refractivity contribution in [2.24, 2.45) is 0 Å². The van der Waals surface area contributed by atoms with Gasteiger partial charge in [-0.05, 0) is 30.0 Å². The third-order valence-electron chi connectivity index (χ3n) is 2.66. The largest absolute Gasteiger partial charge is 0.249 e. The van der Waals surface area contributed by atoms with Gasteiger partial charge in [-0.25, -0.2) is 4.98 Å². The van der Waals surface area contributed by atoms with E-state index in [1.54, 1.807) is 11.3 Å². The summed E-state index contributed by atoms with van der Waals surface area (Å²) in [7, 11) is 0. The average molecular weight is 243 g/mol. The minimum absolute atomic E-state index is 0.578. The van der Waals surface area contributed by atoms with Gasteiger partial charge in [-0.15, -0.1) is 11.3 Å². The van der Waals surface area contributed by atoms with Crippen LogP contribution in [0.3, 0.4) is 0 Å². The van der Waals surface area contributed by atoms with Gasteiger partial charge in [0.05, 0.1) is 5.01 Å². The minimum Gasteiger partial charge on any atom is -0.249 e. The van der Waals surface area contributed by atoms with Crippen molar-refractivity contribution in [3.05, 3.63) is 51.5 Å². The van der Waals surface area contributed by atoms with Crippen LogP contribution in [-0.4, -0.2) is 4.98 Å². The van der Waals surface area contributed by atoms with Crippen molar-refractivity contribution in [3.63, 3.8) is 0 Å². The molecule has 0 bridgehead atoms. The SMILES string of the molecule is Cc1ncc(/C=C/c2cccc(C(C)C)c2)s1. The number of aromatic nitrogens is 1. The summed E-state index contributed by atoms with van der Waals surface area (Å²) >= 11 is 1.72. The maximum absolute atomic E-state index is 4.24. The van der Waals surface area contributed by atoms with Gasteiger partial charge in [-0.3, -0.25) is 0 Å². The van der Waals surface area contributed by atoms with Crippen LogP contribution in [0.15, 0.2) is 30.5 Å². The summed E-state index contributed by atoms with van der Waals surface area (Å²) in [6.45, 7) is 6.46. The molecule has 1 heterocycles. The molecule has 0 atom stereocenters. The molecule has 0 saturated carbocycles. The first kappa shape index (κ1) is 12.1. The van der Waals surface area contributed by atoms with Gasteiger partial charge in [-0.2, -0.15) is 0 Å². The molecular weight excluding hydrogens is 226 g/mol. The highest BCUT2D eigenvalue weighted by atomic mass is 32.1. The number of hydrogen-bond donors (Lipinski definition) is 0. The zero-order chi connectivity index (χ0) is 12.3. The van der Waals surface area contributed by atoms with Crippen LogP contribution in [0.2, 0.25) is 0 Å². The second-order valence-corrected chi connectivity index (χ2v) is 5.71. The van der Waals surface area contributed by atoms with Crippen LogP contribution in [0.4, 0.5) is 0 Å². The van der Waals surface area contributed by atoms with E-state index in [4.69, 9.17) is 0 Å². The zero-order valence-corrected chi connectivity index (χ0v) is 11.3. The Bertz CT molecular complexity index is 523. The molecule has 0 spiro atoms. The molecule has 0 aliphatic rings. The van der Waals surface area contributed by atoms with Gasteiger partial charge in [0.1, 0.15) is 0 Å². The number of nitrogens with zero attached hydrogens (tertiary/aromatic N) is 1. The number of hydrogen-bond acceptors (Lipinski definition) is 2. The van der Waals surface area contributed by atoms with E-state index in [1.165, 1.54) is 16.0 Å². The van der Waals surface area contributed by atoms with Crippen molar-refractivity contribution in [1.82, 2.24) is 4.98 Å². The molecule has 0 amide bonds. The van der Waals surface area contributed by atoms with Crippen molar-refractivity contribution in [2.45, 2.75) is 26.7 Å². The molecule has 1 nitrogen and oxygen atoms in total. The van der Waals surface area contributed by atoms with Gasteiger partial charge in [0.15, 0.2) is 0 Å². The van der Waals surface area contributed by atoms with Crippen LogP contribution in [0.25, 0.3) is 12.2 Å². The molecule has 2 rings (SSSR count). The molecular formula is C15H17NS. The second kappa shape index (κ2) is 5.28. The van der Waals surface area contributed by atoms with Crippen LogP contribution in [0.1, 0.15) is 40.8 Å². The van der Waals surface area contributed by atoms with Gasteiger partial charge in [-0.1, -0.05) is 44.2 Å². The van der Waals surface area contributed by atoms with Crippen LogP contribution in [-0.2, 0) is 0 Å². The Morgan fingerprint density at radius 3 is 2.71 bits per heavy atom. The highest BCUT2D eigenvalue weighted by Crippen LogP contribution is 2.18. The van der Waals surface area contributed by atoms with E-state index >= 15 is 0 Å². The fraction of sp³-hybridized carbons (Fsp3) is 0.267. The normalized spacial score (nSPS) is 11.5. The lowest BCUT2D eigenvalue weighted by Gasteiger charge is -2.05. The van der Waals surface area contributed by atoms with Gasteiger partial charge >= 0.3 is 0 Å². The van der Waals surface area contributed by atoms with E-state index in [1.807, 2.05) is 13.1 Å². The zero-order valence-electron chi connectivity index (χ0n) is 10.5. The van der Waals surface area contributed by atoms with Crippen LogP contribution in [0.5, 0.6) is 0 Å². The first-order valence-electron chi connectivity index (χ1n) is 5.85. The molecule has 1 aromatic heterocycles. The highest BCUT2D eigenvalue weighted by Gasteiger charge is 1.98. The average Bonchev–Trinajstić information content (AvgIpc) is 2.73. The Labute approximate surface area is 107 Å². The maximum atomic E-state index is 4.24. The van der Waals surface area contributed by atoms with Crippen LogP contribution in [0, 0.1) is 6.92 Å². The Morgan fingerprint density at radius 1 is 1.24 bits per heavy atom. The topological polar surface area (TPSA) is 12.9 Å². The molecule has 1 aromatic carbocycles. The van der Waals surface area contributed by atoms with E-state index in [-0.39, 0.29) is 0 Å². The fourth-order valence-corrected chi connectivity index (χ4v) is 2.34. The van der Waals surface area contributed by atoms with Gasteiger partial charge in [0.25, 0.3) is 0 Å². The third-order valence-corrected chi connectivity index (χ3v) is 3.53. The summed E-state index contributed by atoms with van der Waals surface area (Å²) in [4.78, 5) is 5.45. The Balaban J connectivity index is 2.18. The molecule has 0 aliphatic carbocycles. The summed E-state index contributed by atoms with van der Waals surface area (Å²) in [6.07, 6.45) is 6.20. The quantitative estimate of drug-likeness (QED) is 0.758. The molecule has 2 heteroatoms. The molecule has 0 radical (unpaired) electrons. The Kier molecular flexibility index (Phi) is 3.75. The Hall–Kier alpha value is -1.41. The summed E-state index contributed by atoms with van der Waals surface area (Å²) in [5, 5.41) is 1.11. The first-order valence-corrected chi connectivity index (χ1v) is 6.67. The lowest BCUT2D eigenvalue weighted by Crippen LogP contribution is -1.86. The van der Waals surface area contributed by atoms with E-state index in [9.17, 15) is 0 Å². The predicted octanol–water partition coefficient (Wildman–Crippen LogP) is 4.75. The second-order valence-electron chi connectivity index (χ2n) is 4.44. The van der Waals surface area contributed by atoms with Crippen molar-refractivity contribution in [1.29, 1.82) is 0 Å². The van der Waals surface area contributed by atoms with Crippen molar-refractivity contribution in [2.75, 3.05) is 0 Å². The van der Waals surface area contributed by atoms with Gasteiger partial charge in [0, 0.05) is 11.1 Å². The number of rotatable bonds is 3. The minimum atomic E-state index is 0.578. The predicted molar refractivity (Wildman–Crippen MR) is 76.3 cm³/mol. The molecule has 0 unspecified atom stereocenters. The van der Waals surface area contributed by atoms with Gasteiger partial charge in [0.2, 0.25) is 0 Å². The van der Waals surface area contributed by atoms with E-state index in [0.29, 0.717) is 5.92 Å². The molecule has 0 saturated heterocycles. The summed E-state index contributed by atoms with van der Waals surface area (Å²) in [5.74, 6) is 0.578. The molecule has 88 valence electrons. The van der Waals surface area contributed by atoms with E-state index in [2.05, 4.69) is 55.2 Å². The molecule has 2 aromatic rings. The summed E-state index contributed by atoms with van der Waals surface area (Å²) in [6, 6.07) is 8.68. The van der Waals surface area contributed by atoms with Crippen LogP contribution < -0.4 is 0 Å². The Morgan fingerprint density at radius 2 is 2.06 bits per heavy atom. The van der Waals surface area contributed by atoms with Crippen LogP contribution >= 0.6 is 11.3 Å². The lowest BCUT2D eigenvalue weighted by molar-refractivity contribution is 0.866. The third kappa shape index (κ3) is 3.27. The summed E-state index contributed by atoms with van der Waals surface area (Å²) < 4.78 is 0. The first-order chi connectivity index (χ1) is 8.15. The highest BCUT2D eigenvalue weighted by molar-refractivity contribution is 7.12. The van der Waals surface area contributed by atoms with Crippen molar-refractivity contribution < 1.29 is 0 Å². The van der Waals surface area contributed by atoms with E-state index in [0.717, 1.165) is 5.01 Å².